The van der Waals surface area contributed by atoms with Gasteiger partial charge in [-0.1, -0.05) is 18.2 Å². The second-order valence-corrected chi connectivity index (χ2v) is 6.09. The molecule has 5 nitrogen and oxygen atoms in total. The van der Waals surface area contributed by atoms with Crippen LogP contribution < -0.4 is 0 Å². The van der Waals surface area contributed by atoms with E-state index in [1.54, 1.807) is 4.90 Å². The Labute approximate surface area is 136 Å². The average molecular weight is 313 g/mol. The van der Waals surface area contributed by atoms with E-state index in [-0.39, 0.29) is 12.0 Å². The van der Waals surface area contributed by atoms with Gasteiger partial charge in [-0.15, -0.1) is 0 Å². The molecule has 1 aromatic heterocycles. The van der Waals surface area contributed by atoms with Gasteiger partial charge >= 0.3 is 0 Å². The van der Waals surface area contributed by atoms with Crippen molar-refractivity contribution in [3.8, 4) is 5.69 Å². The first-order valence-corrected chi connectivity index (χ1v) is 8.05. The summed E-state index contributed by atoms with van der Waals surface area (Å²) >= 11 is 0. The molecule has 0 radical (unpaired) electrons. The predicted octanol–water partition coefficient (Wildman–Crippen LogP) is 2.63. The average Bonchev–Trinajstić information content (AvgIpc) is 3.19. The van der Waals surface area contributed by atoms with Crippen molar-refractivity contribution in [2.75, 3.05) is 13.7 Å². The molecular weight excluding hydrogens is 290 g/mol. The standard InChI is InChI=1S/C18H23N3O2/c1-13-16(12-20(3)18(22)17-10-7-11-23-17)14(2)21(19-13)15-8-5-4-6-9-15/h4-6,8-9,17H,7,10-12H2,1-3H3/t17-/m1/s1. The number of carbonyl (C=O) groups excluding carboxylic acids is 1. The van der Waals surface area contributed by atoms with Gasteiger partial charge in [-0.05, 0) is 38.8 Å². The number of aromatic nitrogens is 2. The molecule has 1 atom stereocenters. The van der Waals surface area contributed by atoms with Crippen LogP contribution in [0.3, 0.4) is 0 Å². The van der Waals surface area contributed by atoms with Crippen LogP contribution in [0.1, 0.15) is 29.8 Å². The van der Waals surface area contributed by atoms with Gasteiger partial charge in [-0.2, -0.15) is 5.10 Å². The number of hydrogen-bond donors (Lipinski definition) is 0. The lowest BCUT2D eigenvalue weighted by atomic mass is 10.1. The Hall–Kier alpha value is -2.14. The highest BCUT2D eigenvalue weighted by molar-refractivity contribution is 5.80. The van der Waals surface area contributed by atoms with Crippen LogP contribution in [0.2, 0.25) is 0 Å². The minimum atomic E-state index is -0.273. The first-order chi connectivity index (χ1) is 11.1. The van der Waals surface area contributed by atoms with E-state index in [0.717, 1.165) is 35.5 Å². The highest BCUT2D eigenvalue weighted by Gasteiger charge is 2.27. The van der Waals surface area contributed by atoms with E-state index in [4.69, 9.17) is 4.74 Å². The fraction of sp³-hybridized carbons (Fsp3) is 0.444. The molecule has 0 bridgehead atoms. The summed E-state index contributed by atoms with van der Waals surface area (Å²) in [5, 5.41) is 4.64. The van der Waals surface area contributed by atoms with Gasteiger partial charge in [-0.25, -0.2) is 4.68 Å². The number of rotatable bonds is 4. The number of likely N-dealkylation sites (N-methyl/N-ethyl adjacent to an activating group) is 1. The van der Waals surface area contributed by atoms with E-state index < -0.39 is 0 Å². The Morgan fingerprint density at radius 1 is 1.35 bits per heavy atom. The molecule has 3 rings (SSSR count). The highest BCUT2D eigenvalue weighted by Crippen LogP contribution is 2.21. The maximum Gasteiger partial charge on any atom is 0.251 e. The Bertz CT molecular complexity index is 688. The monoisotopic (exact) mass is 313 g/mol. The number of aryl methyl sites for hydroxylation is 1. The van der Waals surface area contributed by atoms with Gasteiger partial charge in [0.15, 0.2) is 0 Å². The third-order valence-electron chi connectivity index (χ3n) is 4.42. The van der Waals surface area contributed by atoms with Crippen molar-refractivity contribution in [3.05, 3.63) is 47.3 Å². The van der Waals surface area contributed by atoms with E-state index in [0.29, 0.717) is 13.2 Å². The molecule has 2 heterocycles. The third kappa shape index (κ3) is 3.15. The molecule has 1 aliphatic rings. The van der Waals surface area contributed by atoms with Gasteiger partial charge in [0, 0.05) is 31.5 Å². The van der Waals surface area contributed by atoms with Crippen LogP contribution in [0.5, 0.6) is 0 Å². The number of amides is 1. The fourth-order valence-corrected chi connectivity index (χ4v) is 3.06. The zero-order chi connectivity index (χ0) is 16.4. The third-order valence-corrected chi connectivity index (χ3v) is 4.42. The number of benzene rings is 1. The van der Waals surface area contributed by atoms with Crippen LogP contribution in [0, 0.1) is 13.8 Å². The molecule has 5 heteroatoms. The van der Waals surface area contributed by atoms with E-state index in [9.17, 15) is 4.79 Å². The zero-order valence-corrected chi connectivity index (χ0v) is 14.0. The minimum absolute atomic E-state index is 0.0637. The summed E-state index contributed by atoms with van der Waals surface area (Å²) in [6, 6.07) is 10.1. The maximum atomic E-state index is 12.4. The Morgan fingerprint density at radius 3 is 2.74 bits per heavy atom. The molecular formula is C18H23N3O2. The lowest BCUT2D eigenvalue weighted by Crippen LogP contribution is -2.35. The van der Waals surface area contributed by atoms with Gasteiger partial charge in [-0.3, -0.25) is 4.79 Å². The van der Waals surface area contributed by atoms with Crippen LogP contribution in [0.25, 0.3) is 5.69 Å². The van der Waals surface area contributed by atoms with E-state index in [2.05, 4.69) is 5.10 Å². The van der Waals surface area contributed by atoms with Gasteiger partial charge < -0.3 is 9.64 Å². The molecule has 0 spiro atoms. The molecule has 0 unspecified atom stereocenters. The van der Waals surface area contributed by atoms with Crippen LogP contribution in [0.15, 0.2) is 30.3 Å². The second-order valence-electron chi connectivity index (χ2n) is 6.09. The summed E-state index contributed by atoms with van der Waals surface area (Å²) in [6.45, 7) is 5.29. The summed E-state index contributed by atoms with van der Waals surface area (Å²) in [4.78, 5) is 14.2. The van der Waals surface area contributed by atoms with Gasteiger partial charge in [0.05, 0.1) is 11.4 Å². The number of para-hydroxylation sites is 1. The first kappa shape index (κ1) is 15.7. The largest absolute Gasteiger partial charge is 0.368 e. The van der Waals surface area contributed by atoms with Crippen molar-refractivity contribution >= 4 is 5.91 Å². The predicted molar refractivity (Wildman–Crippen MR) is 88.5 cm³/mol. The van der Waals surface area contributed by atoms with Crippen molar-refractivity contribution < 1.29 is 9.53 Å². The second kappa shape index (κ2) is 6.54. The van der Waals surface area contributed by atoms with Gasteiger partial charge in [0.2, 0.25) is 0 Å². The molecule has 1 aliphatic heterocycles. The van der Waals surface area contributed by atoms with E-state index >= 15 is 0 Å². The number of ether oxygens (including phenoxy) is 1. The number of carbonyl (C=O) groups is 1. The Kier molecular flexibility index (Phi) is 4.48. The zero-order valence-electron chi connectivity index (χ0n) is 14.0. The number of nitrogens with zero attached hydrogens (tertiary/aromatic N) is 3. The lowest BCUT2D eigenvalue weighted by molar-refractivity contribution is -0.140. The van der Waals surface area contributed by atoms with Crippen molar-refractivity contribution in [1.82, 2.24) is 14.7 Å². The lowest BCUT2D eigenvalue weighted by Gasteiger charge is -2.20. The first-order valence-electron chi connectivity index (χ1n) is 8.05. The normalized spacial score (nSPS) is 17.4. The van der Waals surface area contributed by atoms with Crippen LogP contribution >= 0.6 is 0 Å². The molecule has 1 aromatic carbocycles. The molecule has 1 fully saturated rings. The molecule has 1 saturated heterocycles. The van der Waals surface area contributed by atoms with Crippen molar-refractivity contribution in [2.45, 2.75) is 39.3 Å². The Balaban J connectivity index is 1.80. The van der Waals surface area contributed by atoms with Crippen LogP contribution in [-0.4, -0.2) is 40.3 Å². The fourth-order valence-electron chi connectivity index (χ4n) is 3.06. The quantitative estimate of drug-likeness (QED) is 0.872. The molecule has 0 N–H and O–H groups in total. The smallest absolute Gasteiger partial charge is 0.251 e. The molecule has 23 heavy (non-hydrogen) atoms. The minimum Gasteiger partial charge on any atom is -0.368 e. The molecule has 1 amide bonds. The van der Waals surface area contributed by atoms with E-state index in [1.165, 1.54) is 0 Å². The molecule has 0 saturated carbocycles. The Morgan fingerprint density at radius 2 is 2.09 bits per heavy atom. The molecule has 2 aromatic rings. The molecule has 122 valence electrons. The summed E-state index contributed by atoms with van der Waals surface area (Å²) in [7, 11) is 1.84. The summed E-state index contributed by atoms with van der Waals surface area (Å²) in [6.07, 6.45) is 1.52. The van der Waals surface area contributed by atoms with Crippen molar-refractivity contribution in [3.63, 3.8) is 0 Å². The van der Waals surface area contributed by atoms with Gasteiger partial charge in [0.1, 0.15) is 6.10 Å². The van der Waals surface area contributed by atoms with Gasteiger partial charge in [0.25, 0.3) is 5.91 Å². The van der Waals surface area contributed by atoms with Crippen LogP contribution in [-0.2, 0) is 16.1 Å². The molecule has 0 aliphatic carbocycles. The van der Waals surface area contributed by atoms with E-state index in [1.807, 2.05) is 55.9 Å². The topological polar surface area (TPSA) is 47.4 Å². The van der Waals surface area contributed by atoms with Crippen molar-refractivity contribution in [1.29, 1.82) is 0 Å². The van der Waals surface area contributed by atoms with Crippen LogP contribution in [0.4, 0.5) is 0 Å². The SMILES string of the molecule is Cc1nn(-c2ccccc2)c(C)c1CN(C)C(=O)[C@H]1CCCO1. The summed E-state index contributed by atoms with van der Waals surface area (Å²) in [5.41, 5.74) is 4.16. The number of hydrogen-bond acceptors (Lipinski definition) is 3. The summed E-state index contributed by atoms with van der Waals surface area (Å²) in [5.74, 6) is 0.0637. The van der Waals surface area contributed by atoms with Crippen molar-refractivity contribution in [2.24, 2.45) is 0 Å². The summed E-state index contributed by atoms with van der Waals surface area (Å²) < 4.78 is 7.44. The highest BCUT2D eigenvalue weighted by atomic mass is 16.5. The maximum absolute atomic E-state index is 12.4.